The highest BCUT2D eigenvalue weighted by molar-refractivity contribution is 7.89. The molecular weight excluding hydrogens is 352 g/mol. The minimum absolute atomic E-state index is 0. The fourth-order valence-corrected chi connectivity index (χ4v) is 2.83. The molecule has 0 spiro atoms. The van der Waals surface area contributed by atoms with E-state index in [2.05, 4.69) is 74.2 Å². The van der Waals surface area contributed by atoms with Gasteiger partial charge < -0.3 is 0 Å². The molecule has 0 fully saturated rings. The summed E-state index contributed by atoms with van der Waals surface area (Å²) in [6.07, 6.45) is 10.3. The standard InChI is InChI=1S/C21H26.C2H6O2S.CH4.H2/c1-3-18(4-2)13-10-16-20-14-8-9-15-21(20)17-19-11-6-5-7-12-19;1-5(2,3)4;;/h3,5-9,11-12,14-15,18H,1,4,10,13,16-17H2,2H3;1-2H3;1H4;1H/t18-;;;/m1.../s1. The second-order valence-electron chi connectivity index (χ2n) is 6.87. The molecule has 0 aliphatic carbocycles. The lowest BCUT2D eigenvalue weighted by molar-refractivity contribution is 0.546. The highest BCUT2D eigenvalue weighted by atomic mass is 32.2. The van der Waals surface area contributed by atoms with Crippen LogP contribution in [0.2, 0.25) is 0 Å². The summed E-state index contributed by atoms with van der Waals surface area (Å²) >= 11 is 0. The Kier molecular flexibility index (Phi) is 12.4. The molecule has 0 saturated carbocycles. The topological polar surface area (TPSA) is 34.1 Å². The first-order valence-corrected chi connectivity index (χ1v) is 11.5. The predicted molar refractivity (Wildman–Crippen MR) is 122 cm³/mol. The van der Waals surface area contributed by atoms with Gasteiger partial charge in [-0.3, -0.25) is 0 Å². The Hall–Kier alpha value is -1.87. The number of sulfone groups is 1. The minimum atomic E-state index is -2.67. The van der Waals surface area contributed by atoms with Gasteiger partial charge in [-0.05, 0) is 54.7 Å². The summed E-state index contributed by atoms with van der Waals surface area (Å²) in [7, 11) is -2.67. The second-order valence-corrected chi connectivity index (χ2v) is 9.16. The van der Waals surface area contributed by atoms with Crippen LogP contribution in [0.4, 0.5) is 0 Å². The Labute approximate surface area is 168 Å². The maximum absolute atomic E-state index is 9.63. The molecule has 0 heterocycles. The maximum atomic E-state index is 9.63. The van der Waals surface area contributed by atoms with Crippen LogP contribution < -0.4 is 0 Å². The number of allylic oxidation sites excluding steroid dienone is 1. The van der Waals surface area contributed by atoms with E-state index in [1.54, 1.807) is 0 Å². The van der Waals surface area contributed by atoms with E-state index in [-0.39, 0.29) is 8.85 Å². The van der Waals surface area contributed by atoms with Gasteiger partial charge >= 0.3 is 0 Å². The number of aryl methyl sites for hydroxylation is 1. The summed E-state index contributed by atoms with van der Waals surface area (Å²) in [5.41, 5.74) is 4.36. The number of hydrogen-bond acceptors (Lipinski definition) is 2. The summed E-state index contributed by atoms with van der Waals surface area (Å²) in [5.74, 6) is 0.672. The van der Waals surface area contributed by atoms with E-state index >= 15 is 0 Å². The Bertz CT molecular complexity index is 747. The van der Waals surface area contributed by atoms with Crippen LogP contribution in [0.25, 0.3) is 0 Å². The van der Waals surface area contributed by atoms with Crippen molar-refractivity contribution in [1.29, 1.82) is 0 Å². The van der Waals surface area contributed by atoms with Gasteiger partial charge in [-0.15, -0.1) is 6.58 Å². The van der Waals surface area contributed by atoms with Gasteiger partial charge in [0.2, 0.25) is 0 Å². The van der Waals surface area contributed by atoms with Gasteiger partial charge in [-0.2, -0.15) is 0 Å². The van der Waals surface area contributed by atoms with Crippen LogP contribution in [-0.4, -0.2) is 20.9 Å². The van der Waals surface area contributed by atoms with Gasteiger partial charge in [-0.25, -0.2) is 8.42 Å². The molecule has 0 aliphatic heterocycles. The van der Waals surface area contributed by atoms with Crippen LogP contribution in [0.5, 0.6) is 0 Å². The van der Waals surface area contributed by atoms with E-state index in [9.17, 15) is 8.42 Å². The van der Waals surface area contributed by atoms with Crippen LogP contribution >= 0.6 is 0 Å². The molecule has 1 atom stereocenters. The van der Waals surface area contributed by atoms with Crippen molar-refractivity contribution in [3.63, 3.8) is 0 Å². The highest BCUT2D eigenvalue weighted by Crippen LogP contribution is 2.19. The van der Waals surface area contributed by atoms with Crippen molar-refractivity contribution in [1.82, 2.24) is 0 Å². The molecule has 27 heavy (non-hydrogen) atoms. The van der Waals surface area contributed by atoms with E-state index in [1.165, 1.54) is 42.4 Å². The SMILES string of the molecule is C.C=C[C@H](CC)CCCc1ccccc1Cc1ccccc1.CS(C)(=O)=O.[HH]. The van der Waals surface area contributed by atoms with Crippen molar-refractivity contribution < 1.29 is 9.84 Å². The molecule has 0 N–H and O–H groups in total. The molecule has 0 unspecified atom stereocenters. The van der Waals surface area contributed by atoms with Gasteiger partial charge in [0.15, 0.2) is 0 Å². The molecular formula is C24H38O2S. The summed E-state index contributed by atoms with van der Waals surface area (Å²) < 4.78 is 19.3. The third kappa shape index (κ3) is 12.2. The Morgan fingerprint density at radius 3 is 2.04 bits per heavy atom. The molecule has 0 aromatic heterocycles. The third-order valence-electron chi connectivity index (χ3n) is 4.23. The first-order chi connectivity index (χ1) is 12.3. The van der Waals surface area contributed by atoms with Crippen molar-refractivity contribution in [2.24, 2.45) is 5.92 Å². The fourth-order valence-electron chi connectivity index (χ4n) is 2.83. The minimum Gasteiger partial charge on any atom is -0.229 e. The second kappa shape index (κ2) is 13.3. The molecule has 2 aromatic carbocycles. The molecule has 0 amide bonds. The maximum Gasteiger partial charge on any atom is 0.144 e. The number of hydrogen-bond donors (Lipinski definition) is 0. The summed E-state index contributed by atoms with van der Waals surface area (Å²) in [6.45, 7) is 6.18. The molecule has 0 radical (unpaired) electrons. The normalized spacial score (nSPS) is 11.5. The van der Waals surface area contributed by atoms with Crippen molar-refractivity contribution in [3.8, 4) is 0 Å². The third-order valence-corrected chi connectivity index (χ3v) is 4.23. The highest BCUT2D eigenvalue weighted by Gasteiger charge is 2.05. The predicted octanol–water partition coefficient (Wildman–Crippen LogP) is 6.36. The van der Waals surface area contributed by atoms with Crippen molar-refractivity contribution >= 4 is 9.84 Å². The Morgan fingerprint density at radius 2 is 1.52 bits per heavy atom. The Morgan fingerprint density at radius 1 is 1.00 bits per heavy atom. The summed E-state index contributed by atoms with van der Waals surface area (Å²) in [6, 6.07) is 19.6. The van der Waals surface area contributed by atoms with Gasteiger partial charge in [0.1, 0.15) is 9.84 Å². The molecule has 2 rings (SSSR count). The van der Waals surface area contributed by atoms with Gasteiger partial charge in [0, 0.05) is 13.9 Å². The van der Waals surface area contributed by atoms with E-state index < -0.39 is 9.84 Å². The lowest BCUT2D eigenvalue weighted by atomic mass is 9.93. The van der Waals surface area contributed by atoms with E-state index in [0.29, 0.717) is 5.92 Å². The lowest BCUT2D eigenvalue weighted by Crippen LogP contribution is -1.99. The first-order valence-electron chi connectivity index (χ1n) is 9.21. The Balaban J connectivity index is 0. The fraction of sp³-hybridized carbons (Fsp3) is 0.417. The van der Waals surface area contributed by atoms with Crippen LogP contribution in [0.15, 0.2) is 67.3 Å². The van der Waals surface area contributed by atoms with Gasteiger partial charge in [0.05, 0.1) is 0 Å². The zero-order valence-electron chi connectivity index (χ0n) is 16.3. The van der Waals surface area contributed by atoms with Gasteiger partial charge in [-0.1, -0.05) is 75.0 Å². The zero-order chi connectivity index (χ0) is 19.4. The average Bonchev–Trinajstić information content (AvgIpc) is 2.60. The monoisotopic (exact) mass is 390 g/mol. The van der Waals surface area contributed by atoms with E-state index in [1.807, 2.05) is 0 Å². The quantitative estimate of drug-likeness (QED) is 0.492. The number of benzene rings is 2. The van der Waals surface area contributed by atoms with E-state index in [0.717, 1.165) is 18.9 Å². The summed E-state index contributed by atoms with van der Waals surface area (Å²) in [5, 5.41) is 0. The molecule has 2 aromatic rings. The van der Waals surface area contributed by atoms with Gasteiger partial charge in [0.25, 0.3) is 0 Å². The van der Waals surface area contributed by atoms with Crippen molar-refractivity contribution in [2.75, 3.05) is 12.5 Å². The lowest BCUT2D eigenvalue weighted by Gasteiger charge is -2.12. The largest absolute Gasteiger partial charge is 0.229 e. The molecule has 3 heteroatoms. The molecule has 0 saturated heterocycles. The van der Waals surface area contributed by atoms with E-state index in [4.69, 9.17) is 0 Å². The summed E-state index contributed by atoms with van der Waals surface area (Å²) in [4.78, 5) is 0. The molecule has 2 nitrogen and oxygen atoms in total. The average molecular weight is 391 g/mol. The van der Waals surface area contributed by atoms with Crippen LogP contribution in [0.3, 0.4) is 0 Å². The van der Waals surface area contributed by atoms with Crippen molar-refractivity contribution in [2.45, 2.75) is 46.5 Å². The molecule has 0 bridgehead atoms. The molecule has 0 aliphatic rings. The van der Waals surface area contributed by atoms with Crippen LogP contribution in [-0.2, 0) is 22.7 Å². The van der Waals surface area contributed by atoms with Crippen molar-refractivity contribution in [3.05, 3.63) is 83.9 Å². The van der Waals surface area contributed by atoms with Crippen LogP contribution in [0.1, 0.15) is 51.7 Å². The number of rotatable bonds is 8. The van der Waals surface area contributed by atoms with Crippen LogP contribution in [0, 0.1) is 5.92 Å². The first kappa shape index (κ1) is 25.1. The molecule has 152 valence electrons. The zero-order valence-corrected chi connectivity index (χ0v) is 17.1. The smallest absolute Gasteiger partial charge is 0.144 e.